The molecule has 0 aliphatic carbocycles. The molecule has 0 fully saturated rings. The summed E-state index contributed by atoms with van der Waals surface area (Å²) in [7, 11) is 4.75. The number of ether oxygens (including phenoxy) is 3. The lowest BCUT2D eigenvalue weighted by molar-refractivity contribution is -0.121. The van der Waals surface area contributed by atoms with E-state index >= 15 is 0 Å². The van der Waals surface area contributed by atoms with Gasteiger partial charge < -0.3 is 24.8 Å². The fourth-order valence-corrected chi connectivity index (χ4v) is 1.07. The average Bonchev–Trinajstić information content (AvgIpc) is 2.30. The molecule has 0 unspecified atom stereocenters. The fraction of sp³-hybridized carbons (Fsp3) is 0.900. The van der Waals surface area contributed by atoms with Gasteiger partial charge in [0.2, 0.25) is 5.91 Å². The number of carbonyl (C=O) groups excluding carboxylic acids is 1. The lowest BCUT2D eigenvalue weighted by Crippen LogP contribution is -2.34. The van der Waals surface area contributed by atoms with Crippen molar-refractivity contribution in [3.05, 3.63) is 0 Å². The van der Waals surface area contributed by atoms with E-state index in [2.05, 4.69) is 10.6 Å². The summed E-state index contributed by atoms with van der Waals surface area (Å²) in [6, 6.07) is 0. The normalized spacial score (nSPS) is 10.8. The maximum absolute atomic E-state index is 11.2. The Hall–Kier alpha value is -0.690. The number of nitrogens with one attached hydrogen (secondary N) is 2. The summed E-state index contributed by atoms with van der Waals surface area (Å²) in [5, 5.41) is 5.80. The van der Waals surface area contributed by atoms with Gasteiger partial charge in [0.1, 0.15) is 0 Å². The summed E-state index contributed by atoms with van der Waals surface area (Å²) in [5.74, 6) is 0.0101. The summed E-state index contributed by atoms with van der Waals surface area (Å²) < 4.78 is 14.8. The number of hydrogen-bond donors (Lipinski definition) is 2. The molecule has 0 saturated heterocycles. The van der Waals surface area contributed by atoms with E-state index in [0.717, 1.165) is 0 Å². The predicted molar refractivity (Wildman–Crippen MR) is 60.2 cm³/mol. The number of carbonyl (C=O) groups is 1. The van der Waals surface area contributed by atoms with E-state index in [1.807, 2.05) is 0 Å². The smallest absolute Gasteiger partial charge is 0.221 e. The van der Waals surface area contributed by atoms with Crippen LogP contribution in [-0.4, -0.2) is 59.8 Å². The molecular weight excluding hydrogens is 212 g/mol. The number of rotatable bonds is 10. The number of hydrogen-bond acceptors (Lipinski definition) is 5. The van der Waals surface area contributed by atoms with Gasteiger partial charge in [0.15, 0.2) is 6.29 Å². The molecule has 0 radical (unpaired) electrons. The minimum Gasteiger partial charge on any atom is -0.383 e. The van der Waals surface area contributed by atoms with E-state index in [9.17, 15) is 4.79 Å². The molecule has 0 saturated carbocycles. The first kappa shape index (κ1) is 15.3. The fourth-order valence-electron chi connectivity index (χ4n) is 1.07. The van der Waals surface area contributed by atoms with E-state index in [4.69, 9.17) is 14.2 Å². The highest BCUT2D eigenvalue weighted by atomic mass is 16.7. The van der Waals surface area contributed by atoms with Gasteiger partial charge in [-0.05, 0) is 0 Å². The van der Waals surface area contributed by atoms with E-state index in [0.29, 0.717) is 32.7 Å². The zero-order chi connectivity index (χ0) is 12.2. The molecule has 0 aliphatic heterocycles. The topological polar surface area (TPSA) is 68.8 Å². The molecule has 2 N–H and O–H groups in total. The number of amides is 1. The molecule has 0 aromatic carbocycles. The molecule has 1 amide bonds. The summed E-state index contributed by atoms with van der Waals surface area (Å²) >= 11 is 0. The third-order valence-corrected chi connectivity index (χ3v) is 1.99. The molecule has 0 spiro atoms. The molecule has 16 heavy (non-hydrogen) atoms. The van der Waals surface area contributed by atoms with Crippen molar-refractivity contribution in [3.63, 3.8) is 0 Å². The van der Waals surface area contributed by atoms with Crippen molar-refractivity contribution in [2.45, 2.75) is 12.7 Å². The van der Waals surface area contributed by atoms with Crippen LogP contribution in [0.3, 0.4) is 0 Å². The SMILES string of the molecule is COCCNC(=O)CCNCC(OC)OC. The highest BCUT2D eigenvalue weighted by Crippen LogP contribution is 1.87. The molecule has 0 rings (SSSR count). The average molecular weight is 234 g/mol. The van der Waals surface area contributed by atoms with Crippen LogP contribution in [0.25, 0.3) is 0 Å². The Bertz CT molecular complexity index is 174. The second-order valence-corrected chi connectivity index (χ2v) is 3.20. The predicted octanol–water partition coefficient (Wildman–Crippen LogP) is -0.652. The molecule has 0 aliphatic rings. The third-order valence-electron chi connectivity index (χ3n) is 1.99. The molecule has 6 nitrogen and oxygen atoms in total. The second-order valence-electron chi connectivity index (χ2n) is 3.20. The van der Waals surface area contributed by atoms with Gasteiger partial charge in [0.25, 0.3) is 0 Å². The summed E-state index contributed by atoms with van der Waals surface area (Å²) in [6.45, 7) is 2.25. The lowest BCUT2D eigenvalue weighted by atomic mass is 10.4. The van der Waals surface area contributed by atoms with Gasteiger partial charge in [-0.2, -0.15) is 0 Å². The van der Waals surface area contributed by atoms with Gasteiger partial charge in [-0.15, -0.1) is 0 Å². The molecule has 0 atom stereocenters. The summed E-state index contributed by atoms with van der Waals surface area (Å²) in [6.07, 6.45) is 0.167. The largest absolute Gasteiger partial charge is 0.383 e. The first-order valence-corrected chi connectivity index (χ1v) is 5.26. The standard InChI is InChI=1S/C10H22N2O4/c1-14-7-6-12-9(13)4-5-11-8-10(15-2)16-3/h10-11H,4-8H2,1-3H3,(H,12,13). The van der Waals surface area contributed by atoms with Crippen LogP contribution < -0.4 is 10.6 Å². The van der Waals surface area contributed by atoms with Crippen LogP contribution in [0.1, 0.15) is 6.42 Å². The molecule has 0 aromatic heterocycles. The van der Waals surface area contributed by atoms with Gasteiger partial charge in [-0.25, -0.2) is 0 Å². The van der Waals surface area contributed by atoms with Gasteiger partial charge in [0.05, 0.1) is 6.61 Å². The lowest BCUT2D eigenvalue weighted by Gasteiger charge is -2.13. The van der Waals surface area contributed by atoms with Crippen LogP contribution in [0.4, 0.5) is 0 Å². The van der Waals surface area contributed by atoms with Crippen molar-refractivity contribution in [2.24, 2.45) is 0 Å². The summed E-state index contributed by atoms with van der Waals surface area (Å²) in [5.41, 5.74) is 0. The van der Waals surface area contributed by atoms with Crippen molar-refractivity contribution < 1.29 is 19.0 Å². The van der Waals surface area contributed by atoms with Crippen LogP contribution in [0.5, 0.6) is 0 Å². The third kappa shape index (κ3) is 8.60. The van der Waals surface area contributed by atoms with E-state index < -0.39 is 0 Å². The Morgan fingerprint density at radius 1 is 1.19 bits per heavy atom. The van der Waals surface area contributed by atoms with Gasteiger partial charge in [-0.1, -0.05) is 0 Å². The van der Waals surface area contributed by atoms with Crippen molar-refractivity contribution >= 4 is 5.91 Å². The van der Waals surface area contributed by atoms with Crippen molar-refractivity contribution in [2.75, 3.05) is 47.6 Å². The maximum Gasteiger partial charge on any atom is 0.221 e. The van der Waals surface area contributed by atoms with E-state index in [1.165, 1.54) is 0 Å². The molecular formula is C10H22N2O4. The Morgan fingerprint density at radius 3 is 2.44 bits per heavy atom. The highest BCUT2D eigenvalue weighted by Gasteiger charge is 2.04. The van der Waals surface area contributed by atoms with Crippen molar-refractivity contribution in [1.29, 1.82) is 0 Å². The minimum atomic E-state index is -0.267. The van der Waals surface area contributed by atoms with E-state index in [1.54, 1.807) is 21.3 Å². The zero-order valence-corrected chi connectivity index (χ0v) is 10.2. The quantitative estimate of drug-likeness (QED) is 0.388. The first-order chi connectivity index (χ1) is 7.74. The molecule has 0 heterocycles. The number of methoxy groups -OCH3 is 3. The maximum atomic E-state index is 11.2. The molecule has 0 bridgehead atoms. The minimum absolute atomic E-state index is 0.0101. The Labute approximate surface area is 96.6 Å². The monoisotopic (exact) mass is 234 g/mol. The summed E-state index contributed by atoms with van der Waals surface area (Å²) in [4.78, 5) is 11.2. The molecule has 0 aromatic rings. The van der Waals surface area contributed by atoms with Crippen LogP contribution in [0, 0.1) is 0 Å². The Morgan fingerprint density at radius 2 is 1.88 bits per heavy atom. The van der Waals surface area contributed by atoms with Crippen molar-refractivity contribution in [3.8, 4) is 0 Å². The molecule has 96 valence electrons. The van der Waals surface area contributed by atoms with Crippen LogP contribution in [0.2, 0.25) is 0 Å². The highest BCUT2D eigenvalue weighted by molar-refractivity contribution is 5.75. The van der Waals surface area contributed by atoms with Gasteiger partial charge in [-0.3, -0.25) is 4.79 Å². The van der Waals surface area contributed by atoms with Crippen LogP contribution in [-0.2, 0) is 19.0 Å². The Kier molecular flexibility index (Phi) is 10.3. The van der Waals surface area contributed by atoms with E-state index in [-0.39, 0.29) is 12.2 Å². The van der Waals surface area contributed by atoms with Crippen LogP contribution in [0.15, 0.2) is 0 Å². The Balaban J connectivity index is 3.33. The van der Waals surface area contributed by atoms with Gasteiger partial charge in [0, 0.05) is 47.4 Å². The zero-order valence-electron chi connectivity index (χ0n) is 10.2. The van der Waals surface area contributed by atoms with Gasteiger partial charge >= 0.3 is 0 Å². The molecule has 6 heteroatoms. The second kappa shape index (κ2) is 10.8. The van der Waals surface area contributed by atoms with Crippen molar-refractivity contribution in [1.82, 2.24) is 10.6 Å². The van der Waals surface area contributed by atoms with Crippen LogP contribution >= 0.6 is 0 Å². The first-order valence-electron chi connectivity index (χ1n) is 5.26.